The number of nitrogens with one attached hydrogen (secondary N) is 1. The normalized spacial score (nSPS) is 12.0. The number of oxazole rings is 1. The summed E-state index contributed by atoms with van der Waals surface area (Å²) in [5, 5.41) is 4.02. The van der Waals surface area contributed by atoms with Gasteiger partial charge in [-0.2, -0.15) is 0 Å². The molecule has 2 aromatic carbocycles. The number of carbonyl (C=O) groups is 1. The van der Waals surface area contributed by atoms with Gasteiger partial charge in [0.1, 0.15) is 6.26 Å². The molecule has 0 aliphatic heterocycles. The van der Waals surface area contributed by atoms with Crippen molar-refractivity contribution in [2.45, 2.75) is 32.6 Å². The Morgan fingerprint density at radius 2 is 1.91 bits per heavy atom. The molecule has 4 rings (SSSR count). The molecule has 1 unspecified atom stereocenters. The molecule has 0 fully saturated rings. The zero-order valence-electron chi connectivity index (χ0n) is 18.6. The Bertz CT molecular complexity index is 1230. The molecule has 1 atom stereocenters. The summed E-state index contributed by atoms with van der Waals surface area (Å²) in [6, 6.07) is 19.4. The van der Waals surface area contributed by atoms with Crippen LogP contribution in [0.5, 0.6) is 0 Å². The minimum absolute atomic E-state index is 0.0442. The first-order valence-electron chi connectivity index (χ1n) is 10.8. The number of hydrogen-bond donors (Lipinski definition) is 1. The second-order valence-electron chi connectivity index (χ2n) is 7.90. The first kappa shape index (κ1) is 24.0. The van der Waals surface area contributed by atoms with E-state index < -0.39 is 0 Å². The Hall–Kier alpha value is -3.19. The Morgan fingerprint density at radius 3 is 2.65 bits per heavy atom. The molecule has 2 heterocycles. The van der Waals surface area contributed by atoms with E-state index in [0.717, 1.165) is 16.7 Å². The average molecular weight is 495 g/mol. The predicted octanol–water partition coefficient (Wildman–Crippen LogP) is 6.07. The number of amides is 1. The minimum atomic E-state index is -0.303. The van der Waals surface area contributed by atoms with E-state index in [9.17, 15) is 4.79 Å². The monoisotopic (exact) mass is 494 g/mol. The van der Waals surface area contributed by atoms with E-state index in [4.69, 9.17) is 27.6 Å². The number of rotatable bonds is 9. The van der Waals surface area contributed by atoms with Crippen molar-refractivity contribution in [1.29, 1.82) is 0 Å². The van der Waals surface area contributed by atoms with Crippen molar-refractivity contribution >= 4 is 29.1 Å². The van der Waals surface area contributed by atoms with Gasteiger partial charge >= 0.3 is 0 Å². The summed E-state index contributed by atoms with van der Waals surface area (Å²) < 4.78 is 5.66. The Balaban J connectivity index is 1.49. The van der Waals surface area contributed by atoms with Crippen LogP contribution in [0.25, 0.3) is 0 Å². The SMILES string of the molecule is CC(c1ccccc1)N(Cc1nc(C(=O)NCc2cccnc2)co1)Cc1ccc(Cl)cc1Cl. The van der Waals surface area contributed by atoms with Gasteiger partial charge in [-0.15, -0.1) is 0 Å². The van der Waals surface area contributed by atoms with Crippen molar-refractivity contribution in [3.63, 3.8) is 0 Å². The summed E-state index contributed by atoms with van der Waals surface area (Å²) in [6.45, 7) is 3.42. The number of aromatic nitrogens is 2. The van der Waals surface area contributed by atoms with Gasteiger partial charge < -0.3 is 9.73 Å². The van der Waals surface area contributed by atoms with E-state index in [1.807, 2.05) is 42.5 Å². The van der Waals surface area contributed by atoms with Crippen LogP contribution in [0.2, 0.25) is 10.0 Å². The maximum Gasteiger partial charge on any atom is 0.273 e. The van der Waals surface area contributed by atoms with Crippen LogP contribution in [-0.2, 0) is 19.6 Å². The van der Waals surface area contributed by atoms with Gasteiger partial charge in [0.05, 0.1) is 6.54 Å². The molecule has 1 N–H and O–H groups in total. The fourth-order valence-corrected chi connectivity index (χ4v) is 4.05. The van der Waals surface area contributed by atoms with Crippen LogP contribution in [0.15, 0.2) is 83.7 Å². The molecule has 0 aliphatic rings. The van der Waals surface area contributed by atoms with Crippen molar-refractivity contribution < 1.29 is 9.21 Å². The lowest BCUT2D eigenvalue weighted by Crippen LogP contribution is -2.27. The number of carbonyl (C=O) groups excluding carboxylic acids is 1. The van der Waals surface area contributed by atoms with Gasteiger partial charge in [-0.25, -0.2) is 4.98 Å². The molecular weight excluding hydrogens is 471 g/mol. The number of benzene rings is 2. The van der Waals surface area contributed by atoms with Gasteiger partial charge in [-0.05, 0) is 41.8 Å². The fraction of sp³-hybridized carbons (Fsp3) is 0.192. The average Bonchev–Trinajstić information content (AvgIpc) is 3.33. The van der Waals surface area contributed by atoms with E-state index in [1.54, 1.807) is 18.5 Å². The molecule has 0 spiro atoms. The molecule has 0 radical (unpaired) electrons. The third-order valence-electron chi connectivity index (χ3n) is 5.52. The number of hydrogen-bond acceptors (Lipinski definition) is 5. The molecule has 4 aromatic rings. The molecule has 2 aromatic heterocycles. The zero-order valence-corrected chi connectivity index (χ0v) is 20.1. The van der Waals surface area contributed by atoms with Crippen LogP contribution in [0.4, 0.5) is 0 Å². The summed E-state index contributed by atoms with van der Waals surface area (Å²) in [7, 11) is 0. The smallest absolute Gasteiger partial charge is 0.273 e. The predicted molar refractivity (Wildman–Crippen MR) is 132 cm³/mol. The summed E-state index contributed by atoms with van der Waals surface area (Å²) >= 11 is 12.5. The first-order valence-corrected chi connectivity index (χ1v) is 11.6. The van der Waals surface area contributed by atoms with E-state index in [-0.39, 0.29) is 17.6 Å². The van der Waals surface area contributed by atoms with Gasteiger partial charge in [-0.3, -0.25) is 14.7 Å². The van der Waals surface area contributed by atoms with Gasteiger partial charge in [0, 0.05) is 41.6 Å². The highest BCUT2D eigenvalue weighted by molar-refractivity contribution is 6.35. The van der Waals surface area contributed by atoms with Gasteiger partial charge in [0.15, 0.2) is 5.69 Å². The van der Waals surface area contributed by atoms with Crippen LogP contribution in [0.3, 0.4) is 0 Å². The highest BCUT2D eigenvalue weighted by Crippen LogP contribution is 2.28. The van der Waals surface area contributed by atoms with E-state index >= 15 is 0 Å². The third kappa shape index (κ3) is 6.23. The molecular formula is C26H24Cl2N4O2. The molecule has 1 amide bonds. The fourth-order valence-electron chi connectivity index (χ4n) is 3.58. The zero-order chi connectivity index (χ0) is 23.9. The number of halogens is 2. The largest absolute Gasteiger partial charge is 0.447 e. The number of nitrogens with zero attached hydrogens (tertiary/aromatic N) is 3. The summed E-state index contributed by atoms with van der Waals surface area (Å²) in [4.78, 5) is 23.2. The van der Waals surface area contributed by atoms with E-state index in [0.29, 0.717) is 35.6 Å². The quantitative estimate of drug-likeness (QED) is 0.305. The molecule has 0 bridgehead atoms. The highest BCUT2D eigenvalue weighted by Gasteiger charge is 2.21. The Kier molecular flexibility index (Phi) is 7.95. The second-order valence-corrected chi connectivity index (χ2v) is 8.74. The maximum atomic E-state index is 12.5. The van der Waals surface area contributed by atoms with Gasteiger partial charge in [0.25, 0.3) is 5.91 Å². The van der Waals surface area contributed by atoms with Crippen molar-refractivity contribution in [1.82, 2.24) is 20.2 Å². The van der Waals surface area contributed by atoms with Crippen LogP contribution >= 0.6 is 23.2 Å². The molecule has 0 saturated carbocycles. The van der Waals surface area contributed by atoms with Gasteiger partial charge in [-0.1, -0.05) is 65.7 Å². The highest BCUT2D eigenvalue weighted by atomic mass is 35.5. The second kappa shape index (κ2) is 11.3. The number of pyridine rings is 1. The lowest BCUT2D eigenvalue weighted by Gasteiger charge is -2.28. The molecule has 0 saturated heterocycles. The van der Waals surface area contributed by atoms with Crippen LogP contribution in [-0.4, -0.2) is 20.8 Å². The topological polar surface area (TPSA) is 71.3 Å². The molecule has 8 heteroatoms. The van der Waals surface area contributed by atoms with Crippen molar-refractivity contribution in [2.24, 2.45) is 0 Å². The summed E-state index contributed by atoms with van der Waals surface area (Å²) in [5.74, 6) is 0.140. The van der Waals surface area contributed by atoms with Crippen LogP contribution in [0, 0.1) is 0 Å². The molecule has 34 heavy (non-hydrogen) atoms. The molecule has 6 nitrogen and oxygen atoms in total. The maximum absolute atomic E-state index is 12.5. The molecule has 174 valence electrons. The standard InChI is InChI=1S/C26H24Cl2N4O2/c1-18(20-7-3-2-4-8-20)32(15-21-9-10-22(27)12-23(21)28)16-25-31-24(17-34-25)26(33)30-14-19-6-5-11-29-13-19/h2-13,17-18H,14-16H2,1H3,(H,30,33). The minimum Gasteiger partial charge on any atom is -0.447 e. The lowest BCUT2D eigenvalue weighted by molar-refractivity contribution is 0.0945. The van der Waals surface area contributed by atoms with Gasteiger partial charge in [0.2, 0.25) is 5.89 Å². The lowest BCUT2D eigenvalue weighted by atomic mass is 10.1. The first-order chi connectivity index (χ1) is 16.5. The third-order valence-corrected chi connectivity index (χ3v) is 6.10. The molecule has 0 aliphatic carbocycles. The van der Waals surface area contributed by atoms with Crippen LogP contribution < -0.4 is 5.32 Å². The Morgan fingerprint density at radius 1 is 1.09 bits per heavy atom. The van der Waals surface area contributed by atoms with E-state index in [2.05, 4.69) is 39.2 Å². The van der Waals surface area contributed by atoms with Crippen molar-refractivity contribution in [3.8, 4) is 0 Å². The summed E-state index contributed by atoms with van der Waals surface area (Å²) in [6.07, 6.45) is 4.78. The van der Waals surface area contributed by atoms with E-state index in [1.165, 1.54) is 6.26 Å². The van der Waals surface area contributed by atoms with Crippen molar-refractivity contribution in [3.05, 3.63) is 118 Å². The summed E-state index contributed by atoms with van der Waals surface area (Å²) in [5.41, 5.74) is 3.22. The van der Waals surface area contributed by atoms with Crippen LogP contribution in [0.1, 0.15) is 46.0 Å². The van der Waals surface area contributed by atoms with Crippen molar-refractivity contribution in [2.75, 3.05) is 0 Å². The Labute approximate surface area is 208 Å².